The second kappa shape index (κ2) is 29.0. The van der Waals surface area contributed by atoms with Gasteiger partial charge >= 0.3 is 0 Å². The standard InChI is InChI=1S/C64H70N10O12S2/c1-36(2)59(72-61(78)40-26-55(70-57(75)18-22-87-7)69-56(27-40)71-58(76)19-23-88-8)62(79)67-37(3)60(77)68-43-14-10-38(11-15-43)41-24-44-32-65-49-30-53(51(83-5)28-47(49)63(80)73(44)34-41)85-20-9-21-86-54-31-50-48(29-52(54)84-6)64(81)74-35-42(25-45(74)33-66-50)39-12-16-46(82-4)17-13-39/h10-17,26-37,44-45,59H,9,18-25H2,1-8H3,(H,67,79)(H,68,77)(H,72,78)(H2,69,70,71,75,76)/t37-,44-,45-,59-/m0/s1. The summed E-state index contributed by atoms with van der Waals surface area (Å²) in [6, 6.07) is 21.6. The van der Waals surface area contributed by atoms with Gasteiger partial charge in [0.25, 0.3) is 17.7 Å². The van der Waals surface area contributed by atoms with Crippen molar-refractivity contribution in [2.45, 2.75) is 77.0 Å². The maximum absolute atomic E-state index is 14.2. The molecule has 9 rings (SSSR count). The van der Waals surface area contributed by atoms with Crippen molar-refractivity contribution < 1.29 is 57.2 Å². The van der Waals surface area contributed by atoms with E-state index in [-0.39, 0.29) is 79.0 Å². The number of amides is 7. The van der Waals surface area contributed by atoms with E-state index in [1.54, 1.807) is 85.8 Å². The molecule has 7 amide bonds. The molecule has 0 saturated heterocycles. The zero-order valence-corrected chi connectivity index (χ0v) is 51.7. The highest BCUT2D eigenvalue weighted by molar-refractivity contribution is 7.98. The van der Waals surface area contributed by atoms with E-state index in [1.807, 2.05) is 55.1 Å². The van der Waals surface area contributed by atoms with Crippen LogP contribution < -0.4 is 50.3 Å². The lowest BCUT2D eigenvalue weighted by Gasteiger charge is -2.24. The van der Waals surface area contributed by atoms with Crippen LogP contribution in [-0.2, 0) is 19.2 Å². The smallest absolute Gasteiger partial charge is 0.260 e. The first-order valence-corrected chi connectivity index (χ1v) is 31.4. The third kappa shape index (κ3) is 15.1. The van der Waals surface area contributed by atoms with E-state index >= 15 is 0 Å². The summed E-state index contributed by atoms with van der Waals surface area (Å²) in [6.07, 6.45) is 12.9. The Labute approximate surface area is 518 Å². The largest absolute Gasteiger partial charge is 0.497 e. The van der Waals surface area contributed by atoms with E-state index in [9.17, 15) is 33.6 Å². The number of pyridine rings is 1. The maximum atomic E-state index is 14.2. The van der Waals surface area contributed by atoms with Crippen molar-refractivity contribution in [3.63, 3.8) is 0 Å². The van der Waals surface area contributed by atoms with Crippen LogP contribution in [0.2, 0.25) is 0 Å². The molecule has 22 nitrogen and oxygen atoms in total. The number of ether oxygens (including phenoxy) is 5. The van der Waals surface area contributed by atoms with Gasteiger partial charge < -0.3 is 60.1 Å². The Morgan fingerprint density at radius 1 is 0.602 bits per heavy atom. The molecule has 0 aliphatic carbocycles. The lowest BCUT2D eigenvalue weighted by Crippen LogP contribution is -2.53. The SMILES string of the molecule is COc1ccc(C2=CN3C(=O)c4cc(OC)c(OCCCOc5cc6c(cc5OC)C(=O)N5C=C(c7ccc(NC(=O)[C@H](C)NC(=O)[C@@H](NC(=O)c8cc(NC(=O)CCSC)nc(NC(=O)CCSC)c8)C(C)C)cc7)C[C@H]5C=N6)cc4N=C[C@@H]3C2)cc1. The van der Waals surface area contributed by atoms with Crippen molar-refractivity contribution >= 4 is 117 Å². The molecule has 4 aromatic carbocycles. The number of benzene rings is 4. The number of aromatic nitrogens is 1. The van der Waals surface area contributed by atoms with E-state index in [2.05, 4.69) is 31.6 Å². The predicted molar refractivity (Wildman–Crippen MR) is 342 cm³/mol. The molecule has 1 aromatic heterocycles. The Bertz CT molecular complexity index is 3570. The second-order valence-corrected chi connectivity index (χ2v) is 23.3. The van der Waals surface area contributed by atoms with E-state index in [4.69, 9.17) is 33.7 Å². The highest BCUT2D eigenvalue weighted by Crippen LogP contribution is 2.42. The lowest BCUT2D eigenvalue weighted by molar-refractivity contribution is -0.128. The van der Waals surface area contributed by atoms with Gasteiger partial charge in [-0.1, -0.05) is 38.1 Å². The molecule has 0 radical (unpaired) electrons. The summed E-state index contributed by atoms with van der Waals surface area (Å²) in [5.74, 6) is 0.321. The van der Waals surface area contributed by atoms with Crippen molar-refractivity contribution in [3.05, 3.63) is 125 Å². The van der Waals surface area contributed by atoms with Gasteiger partial charge in [0, 0.05) is 91.8 Å². The second-order valence-electron chi connectivity index (χ2n) is 21.4. The first-order valence-electron chi connectivity index (χ1n) is 28.6. The third-order valence-corrected chi connectivity index (χ3v) is 16.1. The summed E-state index contributed by atoms with van der Waals surface area (Å²) in [5.41, 5.74) is 5.87. The normalized spacial score (nSPS) is 16.1. The number of hydrogen-bond acceptors (Lipinski definition) is 17. The van der Waals surface area contributed by atoms with Crippen molar-refractivity contribution in [2.24, 2.45) is 15.9 Å². The van der Waals surface area contributed by atoms with Crippen LogP contribution in [0.15, 0.2) is 107 Å². The van der Waals surface area contributed by atoms with Crippen LogP contribution >= 0.6 is 23.5 Å². The Balaban J connectivity index is 0.766. The summed E-state index contributed by atoms with van der Waals surface area (Å²) in [6.45, 7) is 5.50. The zero-order chi connectivity index (χ0) is 62.6. The molecule has 4 atom stereocenters. The quantitative estimate of drug-likeness (QED) is 0.0323. The van der Waals surface area contributed by atoms with Gasteiger partial charge in [-0.15, -0.1) is 0 Å². The topological polar surface area (TPSA) is 270 Å². The molecule has 0 fully saturated rings. The first-order chi connectivity index (χ1) is 42.5. The highest BCUT2D eigenvalue weighted by atomic mass is 32.2. The summed E-state index contributed by atoms with van der Waals surface area (Å²) >= 11 is 3.00. The van der Waals surface area contributed by atoms with Crippen LogP contribution in [0.25, 0.3) is 11.1 Å². The molecule has 24 heteroatoms. The van der Waals surface area contributed by atoms with Crippen LogP contribution in [0.3, 0.4) is 0 Å². The summed E-state index contributed by atoms with van der Waals surface area (Å²) < 4.78 is 29.0. The number of nitrogens with zero attached hydrogens (tertiary/aromatic N) is 5. The van der Waals surface area contributed by atoms with Crippen molar-refractivity contribution in [1.82, 2.24) is 25.4 Å². The fourth-order valence-electron chi connectivity index (χ4n) is 10.1. The number of methoxy groups -OCH3 is 3. The van der Waals surface area contributed by atoms with Crippen LogP contribution in [0, 0.1) is 5.92 Å². The number of aliphatic imine (C=N–C) groups is 2. The van der Waals surface area contributed by atoms with E-state index in [0.717, 1.165) is 28.0 Å². The summed E-state index contributed by atoms with van der Waals surface area (Å²) in [5, 5.41) is 13.7. The minimum absolute atomic E-state index is 0.0456. The number of fused-ring (bicyclic) bond motifs is 4. The van der Waals surface area contributed by atoms with E-state index < -0.39 is 35.7 Å². The number of hydrogen-bond donors (Lipinski definition) is 5. The first kappa shape index (κ1) is 63.3. The number of thioether (sulfide) groups is 2. The fourth-order valence-corrected chi connectivity index (χ4v) is 10.9. The minimum atomic E-state index is -1.07. The van der Waals surface area contributed by atoms with Gasteiger partial charge in [0.05, 0.1) is 69.1 Å². The molecule has 88 heavy (non-hydrogen) atoms. The maximum Gasteiger partial charge on any atom is 0.260 e. The molecule has 0 spiro atoms. The Morgan fingerprint density at radius 2 is 1.09 bits per heavy atom. The van der Waals surface area contributed by atoms with Crippen LogP contribution in [0.4, 0.5) is 28.7 Å². The van der Waals surface area contributed by atoms with Crippen LogP contribution in [-0.4, -0.2) is 151 Å². The van der Waals surface area contributed by atoms with Gasteiger partial charge in [0.1, 0.15) is 29.5 Å². The zero-order valence-electron chi connectivity index (χ0n) is 50.1. The molecule has 5 aromatic rings. The number of anilines is 3. The molecule has 4 aliphatic rings. The molecular formula is C64H70N10O12S2. The number of nitrogens with one attached hydrogen (secondary N) is 5. The molecule has 5 heterocycles. The average molecular weight is 1240 g/mol. The monoisotopic (exact) mass is 1230 g/mol. The Kier molecular flexibility index (Phi) is 20.9. The Morgan fingerprint density at radius 3 is 1.55 bits per heavy atom. The minimum Gasteiger partial charge on any atom is -0.497 e. The molecule has 0 unspecified atom stereocenters. The Hall–Kier alpha value is -9.16. The average Bonchev–Trinajstić information content (AvgIpc) is 1.95. The van der Waals surface area contributed by atoms with Gasteiger partial charge in [0.2, 0.25) is 23.6 Å². The fraction of sp³-hybridized carbons (Fsp3) is 0.344. The number of carbonyl (C=O) groups is 7. The molecule has 4 aliphatic heterocycles. The van der Waals surface area contributed by atoms with Gasteiger partial charge in [-0.25, -0.2) is 4.98 Å². The molecule has 5 N–H and O–H groups in total. The van der Waals surface area contributed by atoms with Gasteiger partial charge in [-0.2, -0.15) is 23.5 Å². The molecular weight excluding hydrogens is 1160 g/mol. The number of carbonyl (C=O) groups excluding carboxylic acids is 7. The van der Waals surface area contributed by atoms with Crippen LogP contribution in [0.1, 0.15) is 95.1 Å². The molecule has 0 saturated carbocycles. The van der Waals surface area contributed by atoms with Crippen molar-refractivity contribution in [2.75, 3.05) is 74.5 Å². The van der Waals surface area contributed by atoms with Crippen molar-refractivity contribution in [3.8, 4) is 28.7 Å². The van der Waals surface area contributed by atoms with E-state index in [0.29, 0.717) is 82.0 Å². The molecule has 460 valence electrons. The summed E-state index contributed by atoms with van der Waals surface area (Å²) in [7, 11) is 4.64. The number of rotatable bonds is 26. The van der Waals surface area contributed by atoms with Gasteiger partial charge in [0.15, 0.2) is 23.0 Å². The van der Waals surface area contributed by atoms with Gasteiger partial charge in [-0.05, 0) is 96.2 Å². The predicted octanol–water partition coefficient (Wildman–Crippen LogP) is 9.18. The van der Waals surface area contributed by atoms with Gasteiger partial charge in [-0.3, -0.25) is 43.5 Å². The van der Waals surface area contributed by atoms with E-state index in [1.165, 1.54) is 56.8 Å². The lowest BCUT2D eigenvalue weighted by atomic mass is 10.0. The highest BCUT2D eigenvalue weighted by Gasteiger charge is 2.36. The van der Waals surface area contributed by atoms with Crippen LogP contribution in [0.5, 0.6) is 28.7 Å². The third-order valence-electron chi connectivity index (χ3n) is 14.9. The molecule has 0 bridgehead atoms. The summed E-state index contributed by atoms with van der Waals surface area (Å²) in [4.78, 5) is 111. The van der Waals surface area contributed by atoms with Crippen molar-refractivity contribution in [1.29, 1.82) is 0 Å².